The second-order valence-corrected chi connectivity index (χ2v) is 4.04. The van der Waals surface area contributed by atoms with Gasteiger partial charge < -0.3 is 0 Å². The normalized spacial score (nSPS) is 30.6. The fraction of sp³-hybridized carbons (Fsp3) is 0.750. The van der Waals surface area contributed by atoms with Gasteiger partial charge in [0.25, 0.3) is 0 Å². The highest BCUT2D eigenvalue weighted by Crippen LogP contribution is 2.21. The van der Waals surface area contributed by atoms with Gasteiger partial charge in [-0.1, -0.05) is 22.6 Å². The monoisotopic (exact) mass is 227 g/mol. The highest BCUT2D eigenvalue weighted by atomic mass is 127. The molecule has 1 atom stereocenters. The van der Waals surface area contributed by atoms with Crippen LogP contribution in [-0.2, 0) is 0 Å². The maximum atomic E-state index is 4.26. The summed E-state index contributed by atoms with van der Waals surface area (Å²) >= 11 is 4.19. The second-order valence-electron chi connectivity index (χ2n) is 1.39. The molecule has 40 valence electrons. The highest BCUT2D eigenvalue weighted by molar-refractivity contribution is 14.1. The zero-order valence-corrected chi connectivity index (χ0v) is 6.99. The summed E-state index contributed by atoms with van der Waals surface area (Å²) in [5.74, 6) is 1.17. The van der Waals surface area contributed by atoms with Gasteiger partial charge in [-0.2, -0.15) is 0 Å². The van der Waals surface area contributed by atoms with E-state index in [4.69, 9.17) is 0 Å². The molecule has 1 unspecified atom stereocenters. The quantitative estimate of drug-likeness (QED) is 0.350. The molecule has 0 aromatic rings. The molecular weight excluding hydrogens is 221 g/mol. The third-order valence-corrected chi connectivity index (χ3v) is 3.07. The number of halogens is 1. The summed E-state index contributed by atoms with van der Waals surface area (Å²) in [4.78, 5) is 4.26. The van der Waals surface area contributed by atoms with Crippen LogP contribution in [0.4, 0.5) is 0 Å². The first-order valence-corrected chi connectivity index (χ1v) is 4.33. The summed E-state index contributed by atoms with van der Waals surface area (Å²) in [5, 5.41) is 1.24. The first-order valence-electron chi connectivity index (χ1n) is 2.10. The van der Waals surface area contributed by atoms with Gasteiger partial charge in [0, 0.05) is 5.75 Å². The average molecular weight is 227 g/mol. The molecule has 0 amide bonds. The van der Waals surface area contributed by atoms with E-state index in [0.717, 1.165) is 0 Å². The van der Waals surface area contributed by atoms with Gasteiger partial charge in [-0.3, -0.25) is 4.99 Å². The van der Waals surface area contributed by atoms with Crippen LogP contribution in [0.5, 0.6) is 0 Å². The van der Waals surface area contributed by atoms with Crippen molar-refractivity contribution in [2.24, 2.45) is 4.99 Å². The molecule has 0 aromatic heterocycles. The molecule has 7 heavy (non-hydrogen) atoms. The van der Waals surface area contributed by atoms with E-state index in [1.54, 1.807) is 0 Å². The van der Waals surface area contributed by atoms with Gasteiger partial charge in [-0.15, -0.1) is 11.8 Å². The van der Waals surface area contributed by atoms with Crippen LogP contribution in [0.1, 0.15) is 6.92 Å². The molecule has 1 aliphatic heterocycles. The fourth-order valence-electron chi connectivity index (χ4n) is 0.461. The van der Waals surface area contributed by atoms with Crippen molar-refractivity contribution >= 4 is 39.4 Å². The van der Waals surface area contributed by atoms with Crippen molar-refractivity contribution in [3.05, 3.63) is 0 Å². The van der Waals surface area contributed by atoms with Gasteiger partial charge in [0.2, 0.25) is 0 Å². The summed E-state index contributed by atoms with van der Waals surface area (Å²) in [5.41, 5.74) is 0. The van der Waals surface area contributed by atoms with Crippen LogP contribution in [0.3, 0.4) is 0 Å². The molecule has 0 aromatic carbocycles. The fourth-order valence-corrected chi connectivity index (χ4v) is 2.26. The minimum Gasteiger partial charge on any atom is -0.268 e. The minimum absolute atomic E-state index is 0.544. The van der Waals surface area contributed by atoms with E-state index in [2.05, 4.69) is 34.5 Å². The SMILES string of the molecule is CC1=NC(I)CS1. The van der Waals surface area contributed by atoms with E-state index in [1.165, 1.54) is 10.8 Å². The summed E-state index contributed by atoms with van der Waals surface area (Å²) in [6, 6.07) is 0. The zero-order chi connectivity index (χ0) is 5.28. The van der Waals surface area contributed by atoms with Gasteiger partial charge in [0.05, 0.1) is 5.04 Å². The largest absolute Gasteiger partial charge is 0.268 e. The van der Waals surface area contributed by atoms with Crippen molar-refractivity contribution in [1.82, 2.24) is 0 Å². The molecule has 3 heteroatoms. The molecule has 0 spiro atoms. The molecule has 1 rings (SSSR count). The van der Waals surface area contributed by atoms with Crippen molar-refractivity contribution < 1.29 is 0 Å². The lowest BCUT2D eigenvalue weighted by Gasteiger charge is -1.85. The smallest absolute Gasteiger partial charge is 0.111 e. The van der Waals surface area contributed by atoms with Gasteiger partial charge in [0.1, 0.15) is 4.05 Å². The summed E-state index contributed by atoms with van der Waals surface area (Å²) in [6.07, 6.45) is 0. The van der Waals surface area contributed by atoms with E-state index in [-0.39, 0.29) is 0 Å². The molecule has 0 aliphatic carbocycles. The van der Waals surface area contributed by atoms with Crippen LogP contribution >= 0.6 is 34.4 Å². The Balaban J connectivity index is 2.50. The van der Waals surface area contributed by atoms with Crippen molar-refractivity contribution in [3.8, 4) is 0 Å². The Morgan fingerprint density at radius 1 is 2.00 bits per heavy atom. The molecule has 0 radical (unpaired) electrons. The number of alkyl halides is 1. The predicted octanol–water partition coefficient (Wildman–Crippen LogP) is 1.91. The molecule has 0 N–H and O–H groups in total. The lowest BCUT2D eigenvalue weighted by molar-refractivity contribution is 1.13. The Kier molecular flexibility index (Phi) is 1.97. The first-order chi connectivity index (χ1) is 3.29. The highest BCUT2D eigenvalue weighted by Gasteiger charge is 2.09. The van der Waals surface area contributed by atoms with Crippen LogP contribution in [0, 0.1) is 0 Å². The second kappa shape index (κ2) is 2.35. The molecule has 1 aliphatic rings. The van der Waals surface area contributed by atoms with Gasteiger partial charge >= 0.3 is 0 Å². The van der Waals surface area contributed by atoms with Crippen molar-refractivity contribution in [3.63, 3.8) is 0 Å². The van der Waals surface area contributed by atoms with Crippen LogP contribution in [0.2, 0.25) is 0 Å². The van der Waals surface area contributed by atoms with E-state index < -0.39 is 0 Å². The Morgan fingerprint density at radius 2 is 2.71 bits per heavy atom. The number of nitrogens with zero attached hydrogens (tertiary/aromatic N) is 1. The molecular formula is C4H6INS. The lowest BCUT2D eigenvalue weighted by atomic mass is 10.8. The van der Waals surface area contributed by atoms with E-state index in [1.807, 2.05) is 11.8 Å². The Bertz CT molecular complexity index is 102. The van der Waals surface area contributed by atoms with Crippen LogP contribution in [0.25, 0.3) is 0 Å². The average Bonchev–Trinajstić information content (AvgIpc) is 1.87. The lowest BCUT2D eigenvalue weighted by Crippen LogP contribution is -1.86. The molecule has 0 saturated heterocycles. The van der Waals surface area contributed by atoms with Gasteiger partial charge in [-0.05, 0) is 6.92 Å². The third-order valence-electron chi connectivity index (χ3n) is 0.752. The van der Waals surface area contributed by atoms with E-state index in [0.29, 0.717) is 4.05 Å². The standard InChI is InChI=1S/C4H6INS/c1-3-6-4(5)2-7-3/h4H,2H2,1H3. The van der Waals surface area contributed by atoms with Crippen molar-refractivity contribution in [2.45, 2.75) is 11.0 Å². The predicted molar refractivity (Wildman–Crippen MR) is 43.4 cm³/mol. The Morgan fingerprint density at radius 3 is 2.86 bits per heavy atom. The summed E-state index contributed by atoms with van der Waals surface area (Å²) in [7, 11) is 0. The van der Waals surface area contributed by atoms with E-state index >= 15 is 0 Å². The third kappa shape index (κ3) is 1.60. The van der Waals surface area contributed by atoms with Crippen LogP contribution < -0.4 is 0 Å². The Labute approximate surface area is 61.1 Å². The van der Waals surface area contributed by atoms with Crippen molar-refractivity contribution in [1.29, 1.82) is 0 Å². The number of aliphatic imine (C=N–C) groups is 1. The molecule has 0 saturated carbocycles. The number of rotatable bonds is 0. The maximum absolute atomic E-state index is 4.26. The molecule has 0 bridgehead atoms. The maximum Gasteiger partial charge on any atom is 0.111 e. The molecule has 0 fully saturated rings. The number of hydrogen-bond acceptors (Lipinski definition) is 2. The van der Waals surface area contributed by atoms with Crippen LogP contribution in [0.15, 0.2) is 4.99 Å². The van der Waals surface area contributed by atoms with Gasteiger partial charge in [0.15, 0.2) is 0 Å². The molecule has 1 nitrogen and oxygen atoms in total. The van der Waals surface area contributed by atoms with Gasteiger partial charge in [-0.25, -0.2) is 0 Å². The summed E-state index contributed by atoms with van der Waals surface area (Å²) in [6.45, 7) is 2.06. The number of thioether (sulfide) groups is 1. The van der Waals surface area contributed by atoms with E-state index in [9.17, 15) is 0 Å². The summed E-state index contributed by atoms with van der Waals surface area (Å²) < 4.78 is 0.544. The van der Waals surface area contributed by atoms with Crippen molar-refractivity contribution in [2.75, 3.05) is 5.75 Å². The van der Waals surface area contributed by atoms with Crippen LogP contribution in [-0.4, -0.2) is 14.8 Å². The topological polar surface area (TPSA) is 12.4 Å². The Hall–Kier alpha value is 0.750. The zero-order valence-electron chi connectivity index (χ0n) is 4.02. The molecule has 1 heterocycles. The minimum atomic E-state index is 0.544. The number of hydrogen-bond donors (Lipinski definition) is 0. The first kappa shape index (κ1) is 5.88.